The molecular weight excluding hydrogens is 662 g/mol. The van der Waals surface area contributed by atoms with E-state index in [4.69, 9.17) is 25.8 Å². The van der Waals surface area contributed by atoms with Crippen molar-refractivity contribution in [1.82, 2.24) is 14.0 Å². The molecule has 2 aromatic heterocycles. The Labute approximate surface area is 303 Å². The van der Waals surface area contributed by atoms with E-state index in [9.17, 15) is 9.90 Å². The third-order valence-corrected chi connectivity index (χ3v) is 10.6. The van der Waals surface area contributed by atoms with Crippen molar-refractivity contribution in [3.8, 4) is 22.6 Å². The van der Waals surface area contributed by atoms with Gasteiger partial charge in [-0.25, -0.2) is 4.79 Å². The van der Waals surface area contributed by atoms with Crippen LogP contribution in [0, 0.1) is 13.8 Å². The van der Waals surface area contributed by atoms with Gasteiger partial charge in [-0.15, -0.1) is 0 Å². The van der Waals surface area contributed by atoms with Gasteiger partial charge in [-0.05, 0) is 90.9 Å². The van der Waals surface area contributed by atoms with Crippen molar-refractivity contribution < 1.29 is 24.1 Å². The average molecular weight is 706 g/mol. The van der Waals surface area contributed by atoms with Gasteiger partial charge in [0, 0.05) is 65.8 Å². The smallest absolute Gasteiger partial charge is 0.352 e. The predicted octanol–water partition coefficient (Wildman–Crippen LogP) is 8.63. The van der Waals surface area contributed by atoms with Crippen LogP contribution in [-0.4, -0.2) is 71.7 Å². The summed E-state index contributed by atoms with van der Waals surface area (Å²) >= 11 is 6.38. The van der Waals surface area contributed by atoms with E-state index in [2.05, 4.69) is 80.9 Å². The second-order valence-corrected chi connectivity index (χ2v) is 13.7. The number of carboxylic acids is 1. The molecule has 0 amide bonds. The number of morpholine rings is 1. The fourth-order valence-corrected chi connectivity index (χ4v) is 7.57. The fraction of sp³-hybridized carbons (Fsp3) is 0.310. The Morgan fingerprint density at radius 2 is 1.67 bits per heavy atom. The molecular formula is C42H44ClN3O5. The largest absolute Gasteiger partial charge is 0.497 e. The zero-order chi connectivity index (χ0) is 35.5. The first-order valence-electron chi connectivity index (χ1n) is 17.6. The van der Waals surface area contributed by atoms with Crippen molar-refractivity contribution in [3.63, 3.8) is 0 Å². The topological polar surface area (TPSA) is 78.1 Å². The minimum atomic E-state index is -0.915. The van der Waals surface area contributed by atoms with E-state index >= 15 is 0 Å². The SMILES string of the molecule is COc1ccc2c(ccn2Cc2ccccc2-c2cccc3c(CCCOc4cc(C)c(Cl)c(C)c4)c(C(=O)O)n(CCN4CCOCC4)c23)c1. The molecule has 0 spiro atoms. The highest BCUT2D eigenvalue weighted by atomic mass is 35.5. The zero-order valence-electron chi connectivity index (χ0n) is 29.5. The van der Waals surface area contributed by atoms with Crippen molar-refractivity contribution in [3.05, 3.63) is 118 Å². The van der Waals surface area contributed by atoms with Crippen molar-refractivity contribution in [1.29, 1.82) is 0 Å². The molecule has 1 aliphatic heterocycles. The summed E-state index contributed by atoms with van der Waals surface area (Å²) in [6.45, 7) is 9.41. The van der Waals surface area contributed by atoms with Gasteiger partial charge in [0.05, 0.1) is 32.4 Å². The fourth-order valence-electron chi connectivity index (χ4n) is 7.46. The number of halogens is 1. The summed E-state index contributed by atoms with van der Waals surface area (Å²) in [7, 11) is 1.68. The Bertz CT molecular complexity index is 2170. The molecule has 0 bridgehead atoms. The second-order valence-electron chi connectivity index (χ2n) is 13.3. The summed E-state index contributed by atoms with van der Waals surface area (Å²) in [4.78, 5) is 15.6. The highest BCUT2D eigenvalue weighted by Gasteiger charge is 2.26. The quantitative estimate of drug-likeness (QED) is 0.121. The van der Waals surface area contributed by atoms with Crippen molar-refractivity contribution in [2.24, 2.45) is 0 Å². The van der Waals surface area contributed by atoms with Crippen LogP contribution in [0.2, 0.25) is 5.02 Å². The van der Waals surface area contributed by atoms with E-state index in [1.54, 1.807) is 7.11 Å². The molecule has 1 aliphatic rings. The summed E-state index contributed by atoms with van der Waals surface area (Å²) in [5, 5.41) is 13.7. The lowest BCUT2D eigenvalue weighted by atomic mass is 9.96. The van der Waals surface area contributed by atoms with Crippen LogP contribution in [0.4, 0.5) is 0 Å². The second kappa shape index (κ2) is 15.2. The highest BCUT2D eigenvalue weighted by Crippen LogP contribution is 2.37. The predicted molar refractivity (Wildman–Crippen MR) is 204 cm³/mol. The number of hydrogen-bond acceptors (Lipinski definition) is 5. The average Bonchev–Trinajstić information content (AvgIpc) is 3.70. The molecule has 4 aromatic carbocycles. The van der Waals surface area contributed by atoms with Crippen LogP contribution in [0.1, 0.15) is 39.2 Å². The van der Waals surface area contributed by atoms with Crippen LogP contribution in [0.3, 0.4) is 0 Å². The summed E-state index contributed by atoms with van der Waals surface area (Å²) in [6.07, 6.45) is 3.34. The van der Waals surface area contributed by atoms with Gasteiger partial charge in [0.1, 0.15) is 17.2 Å². The van der Waals surface area contributed by atoms with E-state index < -0.39 is 5.97 Å². The van der Waals surface area contributed by atoms with E-state index in [0.29, 0.717) is 51.4 Å². The molecule has 1 fully saturated rings. The van der Waals surface area contributed by atoms with Gasteiger partial charge in [-0.1, -0.05) is 54.1 Å². The number of aromatic carboxylic acids is 1. The van der Waals surface area contributed by atoms with Gasteiger partial charge >= 0.3 is 5.97 Å². The first-order chi connectivity index (χ1) is 24.8. The number of ether oxygens (including phenoxy) is 3. The molecule has 0 aliphatic carbocycles. The van der Waals surface area contributed by atoms with Crippen molar-refractivity contribution >= 4 is 39.4 Å². The van der Waals surface area contributed by atoms with E-state index in [0.717, 1.165) is 91.3 Å². The molecule has 8 nitrogen and oxygen atoms in total. The lowest BCUT2D eigenvalue weighted by molar-refractivity contribution is 0.0362. The van der Waals surface area contributed by atoms with Crippen molar-refractivity contribution in [2.45, 2.75) is 39.8 Å². The summed E-state index contributed by atoms with van der Waals surface area (Å²) in [5.41, 5.74) is 8.49. The van der Waals surface area contributed by atoms with Gasteiger partial charge < -0.3 is 28.5 Å². The summed E-state index contributed by atoms with van der Waals surface area (Å²) in [6, 6.07) is 26.9. The third kappa shape index (κ3) is 7.22. The Morgan fingerprint density at radius 3 is 2.43 bits per heavy atom. The maximum absolute atomic E-state index is 13.2. The molecule has 264 valence electrons. The summed E-state index contributed by atoms with van der Waals surface area (Å²) in [5.74, 6) is 0.688. The molecule has 0 unspecified atom stereocenters. The minimum Gasteiger partial charge on any atom is -0.497 e. The minimum absolute atomic E-state index is 0.353. The molecule has 0 saturated carbocycles. The van der Waals surface area contributed by atoms with Crippen molar-refractivity contribution in [2.75, 3.05) is 46.6 Å². The number of fused-ring (bicyclic) bond motifs is 2. The lowest BCUT2D eigenvalue weighted by Gasteiger charge is -2.27. The molecule has 9 heteroatoms. The monoisotopic (exact) mass is 705 g/mol. The molecule has 1 N–H and O–H groups in total. The lowest BCUT2D eigenvalue weighted by Crippen LogP contribution is -2.38. The number of aromatic nitrogens is 2. The Kier molecular flexibility index (Phi) is 10.4. The zero-order valence-corrected chi connectivity index (χ0v) is 30.2. The van der Waals surface area contributed by atoms with Crippen LogP contribution in [0.15, 0.2) is 85.1 Å². The molecule has 3 heterocycles. The molecule has 1 saturated heterocycles. The van der Waals surface area contributed by atoms with Crippen LogP contribution < -0.4 is 9.47 Å². The molecule has 51 heavy (non-hydrogen) atoms. The van der Waals surface area contributed by atoms with E-state index in [-0.39, 0.29) is 0 Å². The molecule has 0 atom stereocenters. The number of aryl methyl sites for hydroxylation is 3. The first kappa shape index (κ1) is 34.7. The number of carbonyl (C=O) groups is 1. The van der Waals surface area contributed by atoms with Crippen LogP contribution >= 0.6 is 11.6 Å². The van der Waals surface area contributed by atoms with E-state index in [1.807, 2.05) is 32.0 Å². The number of para-hydroxylation sites is 1. The molecule has 7 rings (SSSR count). The van der Waals surface area contributed by atoms with Crippen LogP contribution in [0.5, 0.6) is 11.5 Å². The normalized spacial score (nSPS) is 13.6. The highest BCUT2D eigenvalue weighted by molar-refractivity contribution is 6.32. The number of methoxy groups -OCH3 is 1. The van der Waals surface area contributed by atoms with Gasteiger partial charge in [-0.3, -0.25) is 4.90 Å². The van der Waals surface area contributed by atoms with Gasteiger partial charge in [0.15, 0.2) is 0 Å². The number of benzene rings is 4. The Hall–Kier alpha value is -4.76. The molecule has 6 aromatic rings. The first-order valence-corrected chi connectivity index (χ1v) is 18.0. The Balaban J connectivity index is 1.27. The number of nitrogens with zero attached hydrogens (tertiary/aromatic N) is 3. The maximum atomic E-state index is 13.2. The van der Waals surface area contributed by atoms with Gasteiger partial charge in [-0.2, -0.15) is 0 Å². The maximum Gasteiger partial charge on any atom is 0.352 e. The number of hydrogen-bond donors (Lipinski definition) is 1. The van der Waals surface area contributed by atoms with Gasteiger partial charge in [0.25, 0.3) is 0 Å². The third-order valence-electron chi connectivity index (χ3n) is 10.0. The van der Waals surface area contributed by atoms with Gasteiger partial charge in [0.2, 0.25) is 0 Å². The standard InChI is InChI=1S/C42H44ClN3O5/c1-28-24-33(25-29(2)39(28)43)51-21-7-12-37-36-11-6-10-35(40(36)46(41(37)42(47)48)18-17-44-19-22-50-23-20-44)34-9-5-4-8-31(34)27-45-16-15-30-26-32(49-3)13-14-38(30)45/h4-6,8-11,13-16,24-26H,7,12,17-23,27H2,1-3H3,(H,47,48). The number of carboxylic acid groups (broad SMARTS) is 1. The number of rotatable bonds is 13. The van der Waals surface area contributed by atoms with Crippen LogP contribution in [0.25, 0.3) is 32.9 Å². The Morgan fingerprint density at radius 1 is 0.902 bits per heavy atom. The summed E-state index contributed by atoms with van der Waals surface area (Å²) < 4.78 is 21.5. The molecule has 0 radical (unpaired) electrons. The van der Waals surface area contributed by atoms with E-state index in [1.165, 1.54) is 0 Å². The van der Waals surface area contributed by atoms with Crippen LogP contribution in [-0.2, 0) is 24.2 Å².